The molecule has 21 heavy (non-hydrogen) atoms. The van der Waals surface area contributed by atoms with Gasteiger partial charge in [-0.05, 0) is 35.9 Å². The maximum Gasteiger partial charge on any atom is 0.335 e. The van der Waals surface area contributed by atoms with Gasteiger partial charge < -0.3 is 14.6 Å². The summed E-state index contributed by atoms with van der Waals surface area (Å²) in [6.07, 6.45) is 0.692. The molecule has 1 N–H and O–H groups in total. The average Bonchev–Trinajstić information content (AvgIpc) is 2.49. The SMILES string of the molecule is COc1ccc(CCOc2cc(C(=O)O)ccc2Cl)cc1. The fourth-order valence-corrected chi connectivity index (χ4v) is 1.99. The van der Waals surface area contributed by atoms with Crippen molar-refractivity contribution in [2.45, 2.75) is 6.42 Å². The third-order valence-corrected chi connectivity index (χ3v) is 3.30. The van der Waals surface area contributed by atoms with Crippen LogP contribution in [0.2, 0.25) is 5.02 Å². The number of carbonyl (C=O) groups is 1. The molecule has 0 radical (unpaired) electrons. The smallest absolute Gasteiger partial charge is 0.335 e. The van der Waals surface area contributed by atoms with Crippen LogP contribution in [0.25, 0.3) is 0 Å². The quantitative estimate of drug-likeness (QED) is 0.884. The van der Waals surface area contributed by atoms with Crippen LogP contribution in [0, 0.1) is 0 Å². The second kappa shape index (κ2) is 6.99. The van der Waals surface area contributed by atoms with Crippen molar-refractivity contribution in [3.8, 4) is 11.5 Å². The summed E-state index contributed by atoms with van der Waals surface area (Å²) in [5.41, 5.74) is 1.25. The molecule has 0 heterocycles. The van der Waals surface area contributed by atoms with Gasteiger partial charge in [0.25, 0.3) is 0 Å². The molecule has 4 nitrogen and oxygen atoms in total. The van der Waals surface area contributed by atoms with Gasteiger partial charge in [0.05, 0.1) is 24.3 Å². The molecule has 0 saturated carbocycles. The van der Waals surface area contributed by atoms with Crippen LogP contribution in [0.1, 0.15) is 15.9 Å². The van der Waals surface area contributed by atoms with E-state index in [1.807, 2.05) is 24.3 Å². The first kappa shape index (κ1) is 15.2. The van der Waals surface area contributed by atoms with Crippen LogP contribution in [0.3, 0.4) is 0 Å². The van der Waals surface area contributed by atoms with Gasteiger partial charge in [0.2, 0.25) is 0 Å². The summed E-state index contributed by atoms with van der Waals surface area (Å²) in [5.74, 6) is 0.175. The van der Waals surface area contributed by atoms with Gasteiger partial charge >= 0.3 is 5.97 Å². The van der Waals surface area contributed by atoms with Crippen molar-refractivity contribution in [2.75, 3.05) is 13.7 Å². The highest BCUT2D eigenvalue weighted by Crippen LogP contribution is 2.25. The van der Waals surface area contributed by atoms with E-state index in [4.69, 9.17) is 26.2 Å². The first-order chi connectivity index (χ1) is 10.1. The lowest BCUT2D eigenvalue weighted by molar-refractivity contribution is 0.0696. The van der Waals surface area contributed by atoms with Crippen LogP contribution in [0.5, 0.6) is 11.5 Å². The molecule has 0 bridgehead atoms. The molecular formula is C16H15ClO4. The van der Waals surface area contributed by atoms with Gasteiger partial charge in [-0.3, -0.25) is 0 Å². The summed E-state index contributed by atoms with van der Waals surface area (Å²) in [7, 11) is 1.62. The second-order valence-corrected chi connectivity index (χ2v) is 4.80. The molecule has 5 heteroatoms. The Morgan fingerprint density at radius 2 is 1.90 bits per heavy atom. The summed E-state index contributed by atoms with van der Waals surface area (Å²) in [4.78, 5) is 10.9. The lowest BCUT2D eigenvalue weighted by atomic mass is 10.1. The number of aromatic carboxylic acids is 1. The zero-order valence-electron chi connectivity index (χ0n) is 11.5. The van der Waals surface area contributed by atoms with Crippen molar-refractivity contribution >= 4 is 17.6 Å². The summed E-state index contributed by atoms with van der Waals surface area (Å²) in [6, 6.07) is 12.1. The second-order valence-electron chi connectivity index (χ2n) is 4.40. The Morgan fingerprint density at radius 3 is 2.52 bits per heavy atom. The number of rotatable bonds is 6. The minimum absolute atomic E-state index is 0.152. The number of benzene rings is 2. The molecular weight excluding hydrogens is 292 g/mol. The van der Waals surface area contributed by atoms with Crippen LogP contribution >= 0.6 is 11.6 Å². The Balaban J connectivity index is 1.96. The molecule has 0 aliphatic carbocycles. The van der Waals surface area contributed by atoms with Gasteiger partial charge in [-0.1, -0.05) is 23.7 Å². The van der Waals surface area contributed by atoms with Crippen LogP contribution in [-0.2, 0) is 6.42 Å². The van der Waals surface area contributed by atoms with E-state index in [1.165, 1.54) is 18.2 Å². The van der Waals surface area contributed by atoms with Gasteiger partial charge in [0.15, 0.2) is 0 Å². The Labute approximate surface area is 127 Å². The van der Waals surface area contributed by atoms with E-state index < -0.39 is 5.97 Å². The number of halogens is 1. The predicted molar refractivity (Wildman–Crippen MR) is 80.6 cm³/mol. The highest BCUT2D eigenvalue weighted by Gasteiger charge is 2.08. The Bertz CT molecular complexity index is 623. The first-order valence-corrected chi connectivity index (χ1v) is 6.76. The topological polar surface area (TPSA) is 55.8 Å². The fourth-order valence-electron chi connectivity index (χ4n) is 1.82. The normalized spacial score (nSPS) is 10.2. The molecule has 2 aromatic rings. The molecule has 110 valence electrons. The number of carboxylic acid groups (broad SMARTS) is 1. The number of hydrogen-bond donors (Lipinski definition) is 1. The fraction of sp³-hybridized carbons (Fsp3) is 0.188. The minimum atomic E-state index is -1.01. The Kier molecular flexibility index (Phi) is 5.06. The average molecular weight is 307 g/mol. The summed E-state index contributed by atoms with van der Waals surface area (Å²) < 4.78 is 10.7. The van der Waals surface area contributed by atoms with Crippen molar-refractivity contribution in [3.63, 3.8) is 0 Å². The molecule has 0 aromatic heterocycles. The predicted octanol–water partition coefficient (Wildman–Crippen LogP) is 3.67. The van der Waals surface area contributed by atoms with E-state index in [0.29, 0.717) is 23.8 Å². The minimum Gasteiger partial charge on any atom is -0.497 e. The van der Waals surface area contributed by atoms with Gasteiger partial charge in [-0.15, -0.1) is 0 Å². The molecule has 0 saturated heterocycles. The van der Waals surface area contributed by atoms with Crippen molar-refractivity contribution in [3.05, 3.63) is 58.6 Å². The van der Waals surface area contributed by atoms with E-state index in [0.717, 1.165) is 11.3 Å². The van der Waals surface area contributed by atoms with Crippen molar-refractivity contribution in [1.82, 2.24) is 0 Å². The number of carboxylic acids is 1. The van der Waals surface area contributed by atoms with Crippen LogP contribution in [0.4, 0.5) is 0 Å². The number of methoxy groups -OCH3 is 1. The molecule has 0 spiro atoms. The van der Waals surface area contributed by atoms with E-state index in [1.54, 1.807) is 7.11 Å². The van der Waals surface area contributed by atoms with Gasteiger partial charge in [-0.2, -0.15) is 0 Å². The highest BCUT2D eigenvalue weighted by atomic mass is 35.5. The lowest BCUT2D eigenvalue weighted by Crippen LogP contribution is -2.03. The molecule has 0 fully saturated rings. The zero-order chi connectivity index (χ0) is 15.2. The largest absolute Gasteiger partial charge is 0.497 e. The molecule has 0 unspecified atom stereocenters. The molecule has 0 atom stereocenters. The Morgan fingerprint density at radius 1 is 1.19 bits per heavy atom. The third-order valence-electron chi connectivity index (χ3n) is 2.99. The molecule has 0 amide bonds. The maximum atomic E-state index is 10.9. The van der Waals surface area contributed by atoms with E-state index in [-0.39, 0.29) is 5.56 Å². The molecule has 2 aromatic carbocycles. The monoisotopic (exact) mass is 306 g/mol. The summed E-state index contributed by atoms with van der Waals surface area (Å²) >= 11 is 5.99. The number of ether oxygens (including phenoxy) is 2. The van der Waals surface area contributed by atoms with Crippen molar-refractivity contribution in [1.29, 1.82) is 0 Å². The third kappa shape index (κ3) is 4.13. The number of hydrogen-bond acceptors (Lipinski definition) is 3. The van der Waals surface area contributed by atoms with Crippen LogP contribution in [0.15, 0.2) is 42.5 Å². The van der Waals surface area contributed by atoms with Gasteiger partial charge in [0.1, 0.15) is 11.5 Å². The van der Waals surface area contributed by atoms with E-state index in [9.17, 15) is 4.79 Å². The van der Waals surface area contributed by atoms with Crippen molar-refractivity contribution in [2.24, 2.45) is 0 Å². The molecule has 2 rings (SSSR count). The zero-order valence-corrected chi connectivity index (χ0v) is 12.3. The maximum absolute atomic E-state index is 10.9. The summed E-state index contributed by atoms with van der Waals surface area (Å²) in [6.45, 7) is 0.412. The van der Waals surface area contributed by atoms with Crippen LogP contribution < -0.4 is 9.47 Å². The molecule has 0 aliphatic rings. The molecule has 0 aliphatic heterocycles. The van der Waals surface area contributed by atoms with E-state index in [2.05, 4.69) is 0 Å². The van der Waals surface area contributed by atoms with Crippen LogP contribution in [-0.4, -0.2) is 24.8 Å². The van der Waals surface area contributed by atoms with Gasteiger partial charge in [-0.25, -0.2) is 4.79 Å². The highest BCUT2D eigenvalue weighted by molar-refractivity contribution is 6.32. The lowest BCUT2D eigenvalue weighted by Gasteiger charge is -2.09. The first-order valence-electron chi connectivity index (χ1n) is 6.38. The standard InChI is InChI=1S/C16H15ClO4/c1-20-13-5-2-11(3-6-13)8-9-21-15-10-12(16(18)19)4-7-14(15)17/h2-7,10H,8-9H2,1H3,(H,18,19). The summed E-state index contributed by atoms with van der Waals surface area (Å²) in [5, 5.41) is 9.34. The van der Waals surface area contributed by atoms with Crippen molar-refractivity contribution < 1.29 is 19.4 Å². The Hall–Kier alpha value is -2.20. The van der Waals surface area contributed by atoms with Gasteiger partial charge in [0, 0.05) is 6.42 Å². The van der Waals surface area contributed by atoms with E-state index >= 15 is 0 Å².